The number of nitrogen functional groups attached to an aromatic ring is 1. The molecule has 0 unspecified atom stereocenters. The summed E-state index contributed by atoms with van der Waals surface area (Å²) in [5.41, 5.74) is 6.93. The third-order valence-corrected chi connectivity index (χ3v) is 2.82. The molecule has 16 heavy (non-hydrogen) atoms. The Hall–Kier alpha value is -1.03. The average Bonchev–Trinajstić information content (AvgIpc) is 2.23. The van der Waals surface area contributed by atoms with Crippen molar-refractivity contribution in [2.24, 2.45) is 0 Å². The van der Waals surface area contributed by atoms with Crippen molar-refractivity contribution in [3.63, 3.8) is 0 Å². The minimum atomic E-state index is 0.0152. The lowest BCUT2D eigenvalue weighted by atomic mass is 10.1. The number of nitrogens with two attached hydrogens (primary N) is 1. The summed E-state index contributed by atoms with van der Waals surface area (Å²) in [6.45, 7) is 2.89. The molecule has 2 N–H and O–H groups in total. The predicted octanol–water partition coefficient (Wildman–Crippen LogP) is 2.90. The van der Waals surface area contributed by atoms with E-state index in [9.17, 15) is 4.79 Å². The number of anilines is 1. The molecule has 4 heteroatoms. The fourth-order valence-corrected chi connectivity index (χ4v) is 1.96. The lowest BCUT2D eigenvalue weighted by molar-refractivity contribution is 0.0793. The quantitative estimate of drug-likeness (QED) is 0.865. The minimum absolute atomic E-state index is 0.0152. The highest BCUT2D eigenvalue weighted by atomic mass is 79.9. The van der Waals surface area contributed by atoms with Gasteiger partial charge in [-0.2, -0.15) is 0 Å². The van der Waals surface area contributed by atoms with Crippen LogP contribution in [0.15, 0.2) is 22.7 Å². The number of halogens is 1. The van der Waals surface area contributed by atoms with Crippen molar-refractivity contribution < 1.29 is 4.79 Å². The van der Waals surface area contributed by atoms with Crippen molar-refractivity contribution in [3.8, 4) is 0 Å². The molecule has 0 radical (unpaired) electrons. The van der Waals surface area contributed by atoms with Crippen molar-refractivity contribution in [1.29, 1.82) is 0 Å². The van der Waals surface area contributed by atoms with Crippen molar-refractivity contribution in [2.45, 2.75) is 19.8 Å². The second kappa shape index (κ2) is 5.89. The summed E-state index contributed by atoms with van der Waals surface area (Å²) in [6.07, 6.45) is 2.10. The molecular weight excluding hydrogens is 268 g/mol. The second-order valence-electron chi connectivity index (χ2n) is 3.85. The number of hydrogen-bond donors (Lipinski definition) is 1. The molecule has 0 heterocycles. The Morgan fingerprint density at radius 3 is 2.69 bits per heavy atom. The number of hydrogen-bond acceptors (Lipinski definition) is 2. The molecule has 0 spiro atoms. The maximum absolute atomic E-state index is 12.0. The summed E-state index contributed by atoms with van der Waals surface area (Å²) in [7, 11) is 1.81. The topological polar surface area (TPSA) is 46.3 Å². The van der Waals surface area contributed by atoms with E-state index in [1.54, 1.807) is 23.1 Å². The lowest BCUT2D eigenvalue weighted by Crippen LogP contribution is -2.27. The first-order valence-electron chi connectivity index (χ1n) is 5.36. The molecule has 0 aliphatic heterocycles. The van der Waals surface area contributed by atoms with E-state index in [2.05, 4.69) is 22.9 Å². The van der Waals surface area contributed by atoms with Gasteiger partial charge < -0.3 is 10.6 Å². The molecule has 0 aromatic heterocycles. The Morgan fingerprint density at radius 2 is 2.12 bits per heavy atom. The smallest absolute Gasteiger partial charge is 0.253 e. The van der Waals surface area contributed by atoms with Crippen molar-refractivity contribution >= 4 is 27.5 Å². The number of carbonyl (C=O) groups excluding carboxylic acids is 1. The van der Waals surface area contributed by atoms with Gasteiger partial charge in [0, 0.05) is 29.3 Å². The SMILES string of the molecule is CCCCN(C)C(=O)c1cc(N)cc(Br)c1. The van der Waals surface area contributed by atoms with Gasteiger partial charge in [0.1, 0.15) is 0 Å². The molecule has 0 aliphatic rings. The number of nitrogens with zero attached hydrogens (tertiary/aromatic N) is 1. The van der Waals surface area contributed by atoms with Gasteiger partial charge in [0.15, 0.2) is 0 Å². The van der Waals surface area contributed by atoms with Crippen LogP contribution in [0.3, 0.4) is 0 Å². The maximum atomic E-state index is 12.0. The summed E-state index contributed by atoms with van der Waals surface area (Å²) >= 11 is 3.33. The van der Waals surface area contributed by atoms with Gasteiger partial charge in [0.25, 0.3) is 5.91 Å². The zero-order valence-electron chi connectivity index (χ0n) is 9.66. The predicted molar refractivity (Wildman–Crippen MR) is 70.4 cm³/mol. The van der Waals surface area contributed by atoms with Crippen LogP contribution in [-0.2, 0) is 0 Å². The summed E-state index contributed by atoms with van der Waals surface area (Å²) in [5.74, 6) is 0.0152. The number of carbonyl (C=O) groups is 1. The van der Waals surface area contributed by atoms with E-state index in [4.69, 9.17) is 5.73 Å². The van der Waals surface area contributed by atoms with Gasteiger partial charge >= 0.3 is 0 Å². The highest BCUT2D eigenvalue weighted by Gasteiger charge is 2.11. The molecule has 0 aliphatic carbocycles. The number of amides is 1. The van der Waals surface area contributed by atoms with Crippen molar-refractivity contribution in [2.75, 3.05) is 19.3 Å². The molecule has 1 amide bonds. The molecule has 1 aromatic rings. The summed E-state index contributed by atoms with van der Waals surface area (Å²) in [5, 5.41) is 0. The van der Waals surface area contributed by atoms with Crippen LogP contribution >= 0.6 is 15.9 Å². The van der Waals surface area contributed by atoms with Gasteiger partial charge in [0.2, 0.25) is 0 Å². The van der Waals surface area contributed by atoms with E-state index in [1.807, 2.05) is 7.05 Å². The van der Waals surface area contributed by atoms with Gasteiger partial charge in [-0.1, -0.05) is 29.3 Å². The highest BCUT2D eigenvalue weighted by Crippen LogP contribution is 2.18. The summed E-state index contributed by atoms with van der Waals surface area (Å²) in [4.78, 5) is 13.7. The Morgan fingerprint density at radius 1 is 1.44 bits per heavy atom. The Labute approximate surface area is 105 Å². The van der Waals surface area contributed by atoms with Crippen LogP contribution < -0.4 is 5.73 Å². The number of benzene rings is 1. The van der Waals surface area contributed by atoms with Crippen LogP contribution in [0.2, 0.25) is 0 Å². The van der Waals surface area contributed by atoms with Gasteiger partial charge in [-0.3, -0.25) is 4.79 Å². The average molecular weight is 285 g/mol. The maximum Gasteiger partial charge on any atom is 0.253 e. The summed E-state index contributed by atoms with van der Waals surface area (Å²) < 4.78 is 0.833. The molecule has 0 fully saturated rings. The lowest BCUT2D eigenvalue weighted by Gasteiger charge is -2.17. The van der Waals surface area contributed by atoms with E-state index in [0.29, 0.717) is 11.3 Å². The Bertz CT molecular complexity index is 359. The third kappa shape index (κ3) is 3.52. The normalized spacial score (nSPS) is 10.2. The van der Waals surface area contributed by atoms with Gasteiger partial charge in [-0.05, 0) is 24.6 Å². The van der Waals surface area contributed by atoms with E-state index in [1.165, 1.54) is 0 Å². The van der Waals surface area contributed by atoms with Gasteiger partial charge in [-0.25, -0.2) is 0 Å². The number of rotatable bonds is 4. The number of unbranched alkanes of at least 4 members (excludes halogenated alkanes) is 1. The van der Waals surface area contributed by atoms with Crippen molar-refractivity contribution in [3.05, 3.63) is 28.2 Å². The Kier molecular flexibility index (Phi) is 4.80. The highest BCUT2D eigenvalue weighted by molar-refractivity contribution is 9.10. The molecule has 0 atom stereocenters. The molecule has 0 bridgehead atoms. The van der Waals surface area contributed by atoms with Crippen LogP contribution in [0, 0.1) is 0 Å². The van der Waals surface area contributed by atoms with Crippen molar-refractivity contribution in [1.82, 2.24) is 4.90 Å². The largest absolute Gasteiger partial charge is 0.399 e. The van der Waals surface area contributed by atoms with E-state index in [-0.39, 0.29) is 5.91 Å². The molecule has 1 rings (SSSR count). The van der Waals surface area contributed by atoms with E-state index in [0.717, 1.165) is 23.9 Å². The zero-order chi connectivity index (χ0) is 12.1. The molecular formula is C12H17BrN2O. The first kappa shape index (κ1) is 13.0. The first-order valence-corrected chi connectivity index (χ1v) is 6.15. The fraction of sp³-hybridized carbons (Fsp3) is 0.417. The fourth-order valence-electron chi connectivity index (χ4n) is 1.45. The molecule has 3 nitrogen and oxygen atoms in total. The second-order valence-corrected chi connectivity index (χ2v) is 4.77. The van der Waals surface area contributed by atoms with Crippen LogP contribution in [-0.4, -0.2) is 24.4 Å². The standard InChI is InChI=1S/C12H17BrN2O/c1-3-4-5-15(2)12(16)9-6-10(13)8-11(14)7-9/h6-8H,3-5,14H2,1-2H3. The van der Waals surface area contributed by atoms with E-state index < -0.39 is 0 Å². The minimum Gasteiger partial charge on any atom is -0.399 e. The van der Waals surface area contributed by atoms with Gasteiger partial charge in [0.05, 0.1) is 0 Å². The molecule has 0 saturated carbocycles. The van der Waals surface area contributed by atoms with E-state index >= 15 is 0 Å². The van der Waals surface area contributed by atoms with Crippen LogP contribution in [0.5, 0.6) is 0 Å². The van der Waals surface area contributed by atoms with Crippen LogP contribution in [0.1, 0.15) is 30.1 Å². The van der Waals surface area contributed by atoms with Crippen LogP contribution in [0.4, 0.5) is 5.69 Å². The molecule has 0 saturated heterocycles. The molecule has 1 aromatic carbocycles. The van der Waals surface area contributed by atoms with Gasteiger partial charge in [-0.15, -0.1) is 0 Å². The third-order valence-electron chi connectivity index (χ3n) is 2.36. The van der Waals surface area contributed by atoms with Crippen LogP contribution in [0.25, 0.3) is 0 Å². The first-order chi connectivity index (χ1) is 7.54. The summed E-state index contributed by atoms with van der Waals surface area (Å²) in [6, 6.07) is 5.28. The molecule has 88 valence electrons. The Balaban J connectivity index is 2.79. The zero-order valence-corrected chi connectivity index (χ0v) is 11.3. The monoisotopic (exact) mass is 284 g/mol.